The minimum absolute atomic E-state index is 0.143. The standard InChI is InChI=1S/C20H40N2O3/c1-2-3-4-5-6-7-8-9-10-11-12-16-19(23)22-18(20(24)25)15-13-14-17-21/h18H,2-17,21H2,1H3,(H,22,23)(H,24,25)/t18-/m0/s1. The van der Waals surface area contributed by atoms with Gasteiger partial charge in [0, 0.05) is 6.42 Å². The highest BCUT2D eigenvalue weighted by Crippen LogP contribution is 2.12. The molecule has 0 aliphatic carbocycles. The lowest BCUT2D eigenvalue weighted by Gasteiger charge is -2.14. The summed E-state index contributed by atoms with van der Waals surface area (Å²) in [7, 11) is 0. The summed E-state index contributed by atoms with van der Waals surface area (Å²) in [4.78, 5) is 23.0. The minimum Gasteiger partial charge on any atom is -0.480 e. The summed E-state index contributed by atoms with van der Waals surface area (Å²) >= 11 is 0. The molecule has 0 aromatic heterocycles. The van der Waals surface area contributed by atoms with Gasteiger partial charge in [-0.15, -0.1) is 0 Å². The lowest BCUT2D eigenvalue weighted by atomic mass is 10.0. The SMILES string of the molecule is CCCCCCCCCCCCCC(=O)N[C@@H](CCCCN)C(=O)O. The van der Waals surface area contributed by atoms with Gasteiger partial charge in [0.2, 0.25) is 5.91 Å². The molecule has 0 aromatic rings. The van der Waals surface area contributed by atoms with Gasteiger partial charge in [0.05, 0.1) is 0 Å². The predicted molar refractivity (Wildman–Crippen MR) is 104 cm³/mol. The van der Waals surface area contributed by atoms with Gasteiger partial charge < -0.3 is 16.2 Å². The average Bonchev–Trinajstić information content (AvgIpc) is 2.58. The van der Waals surface area contributed by atoms with Crippen LogP contribution in [-0.4, -0.2) is 29.6 Å². The highest BCUT2D eigenvalue weighted by atomic mass is 16.4. The summed E-state index contributed by atoms with van der Waals surface area (Å²) in [6, 6.07) is -0.772. The first-order valence-corrected chi connectivity index (χ1v) is 10.3. The van der Waals surface area contributed by atoms with Crippen molar-refractivity contribution in [1.82, 2.24) is 5.32 Å². The number of nitrogens with one attached hydrogen (secondary N) is 1. The monoisotopic (exact) mass is 356 g/mol. The van der Waals surface area contributed by atoms with Gasteiger partial charge in [-0.3, -0.25) is 4.79 Å². The molecule has 0 aliphatic rings. The molecule has 0 bridgehead atoms. The molecule has 0 aliphatic heterocycles. The van der Waals surface area contributed by atoms with E-state index in [0.717, 1.165) is 25.7 Å². The van der Waals surface area contributed by atoms with Crippen molar-refractivity contribution in [3.63, 3.8) is 0 Å². The van der Waals surface area contributed by atoms with Crippen LogP contribution in [0.4, 0.5) is 0 Å². The van der Waals surface area contributed by atoms with E-state index in [1.165, 1.54) is 57.8 Å². The first-order chi connectivity index (χ1) is 12.1. The first-order valence-electron chi connectivity index (χ1n) is 10.3. The van der Waals surface area contributed by atoms with Crippen LogP contribution in [0.25, 0.3) is 0 Å². The van der Waals surface area contributed by atoms with Crippen molar-refractivity contribution in [3.05, 3.63) is 0 Å². The normalized spacial score (nSPS) is 12.1. The number of aliphatic carboxylic acids is 1. The van der Waals surface area contributed by atoms with Crippen LogP contribution >= 0.6 is 0 Å². The number of hydrogen-bond acceptors (Lipinski definition) is 3. The Hall–Kier alpha value is -1.10. The molecule has 0 saturated heterocycles. The maximum Gasteiger partial charge on any atom is 0.326 e. The Bertz CT molecular complexity index is 335. The molecule has 0 rings (SSSR count). The van der Waals surface area contributed by atoms with Crippen molar-refractivity contribution >= 4 is 11.9 Å². The molecule has 0 fully saturated rings. The number of unbranched alkanes of at least 4 members (excludes halogenated alkanes) is 11. The second kappa shape index (κ2) is 17.7. The number of rotatable bonds is 18. The maximum absolute atomic E-state index is 11.9. The lowest BCUT2D eigenvalue weighted by Crippen LogP contribution is -2.40. The van der Waals surface area contributed by atoms with Crippen LogP contribution in [0.5, 0.6) is 0 Å². The third kappa shape index (κ3) is 16.1. The number of carboxylic acid groups (broad SMARTS) is 1. The van der Waals surface area contributed by atoms with Crippen LogP contribution in [0.15, 0.2) is 0 Å². The number of nitrogens with two attached hydrogens (primary N) is 1. The zero-order valence-corrected chi connectivity index (χ0v) is 16.2. The second-order valence-electron chi connectivity index (χ2n) is 7.03. The summed E-state index contributed by atoms with van der Waals surface area (Å²) in [6.45, 7) is 2.79. The Morgan fingerprint density at radius 2 is 1.36 bits per heavy atom. The van der Waals surface area contributed by atoms with Crippen molar-refractivity contribution in [2.45, 2.75) is 109 Å². The molecule has 0 heterocycles. The molecule has 1 atom stereocenters. The number of carbonyl (C=O) groups is 2. The largest absolute Gasteiger partial charge is 0.480 e. The summed E-state index contributed by atoms with van der Waals surface area (Å²) in [5.74, 6) is -1.10. The molecule has 5 nitrogen and oxygen atoms in total. The highest BCUT2D eigenvalue weighted by Gasteiger charge is 2.18. The van der Waals surface area contributed by atoms with E-state index in [-0.39, 0.29) is 5.91 Å². The van der Waals surface area contributed by atoms with E-state index in [9.17, 15) is 9.59 Å². The van der Waals surface area contributed by atoms with Gasteiger partial charge in [-0.2, -0.15) is 0 Å². The summed E-state index contributed by atoms with van der Waals surface area (Å²) in [5.41, 5.74) is 5.41. The van der Waals surface area contributed by atoms with Crippen LogP contribution in [-0.2, 0) is 9.59 Å². The van der Waals surface area contributed by atoms with Gasteiger partial charge in [0.25, 0.3) is 0 Å². The van der Waals surface area contributed by atoms with E-state index in [4.69, 9.17) is 10.8 Å². The number of amides is 1. The number of carbonyl (C=O) groups excluding carboxylic acids is 1. The van der Waals surface area contributed by atoms with Crippen molar-refractivity contribution in [3.8, 4) is 0 Å². The summed E-state index contributed by atoms with van der Waals surface area (Å²) in [6.07, 6.45) is 16.1. The maximum atomic E-state index is 11.9. The fourth-order valence-electron chi connectivity index (χ4n) is 2.97. The smallest absolute Gasteiger partial charge is 0.326 e. The topological polar surface area (TPSA) is 92.4 Å². The molecule has 0 spiro atoms. The molecule has 0 radical (unpaired) electrons. The van der Waals surface area contributed by atoms with Gasteiger partial charge in [-0.25, -0.2) is 4.79 Å². The zero-order chi connectivity index (χ0) is 18.8. The van der Waals surface area contributed by atoms with Gasteiger partial charge in [0.15, 0.2) is 0 Å². The van der Waals surface area contributed by atoms with Crippen LogP contribution < -0.4 is 11.1 Å². The fourth-order valence-corrected chi connectivity index (χ4v) is 2.97. The van der Waals surface area contributed by atoms with Crippen LogP contribution in [0.2, 0.25) is 0 Å². The van der Waals surface area contributed by atoms with Crippen molar-refractivity contribution in [1.29, 1.82) is 0 Å². The Labute approximate surface area is 154 Å². The van der Waals surface area contributed by atoms with Gasteiger partial charge >= 0.3 is 5.97 Å². The van der Waals surface area contributed by atoms with E-state index in [1.54, 1.807) is 0 Å². The Balaban J connectivity index is 3.54. The molecule has 148 valence electrons. The van der Waals surface area contributed by atoms with E-state index >= 15 is 0 Å². The Kier molecular flexibility index (Phi) is 16.9. The molecule has 0 unspecified atom stereocenters. The fraction of sp³-hybridized carbons (Fsp3) is 0.900. The third-order valence-corrected chi connectivity index (χ3v) is 4.59. The Morgan fingerprint density at radius 3 is 1.84 bits per heavy atom. The average molecular weight is 357 g/mol. The lowest BCUT2D eigenvalue weighted by molar-refractivity contribution is -0.142. The van der Waals surface area contributed by atoms with Crippen molar-refractivity contribution < 1.29 is 14.7 Å². The van der Waals surface area contributed by atoms with E-state index in [2.05, 4.69) is 12.2 Å². The molecule has 0 saturated carbocycles. The van der Waals surface area contributed by atoms with Gasteiger partial charge in [-0.1, -0.05) is 71.1 Å². The molecule has 1 amide bonds. The van der Waals surface area contributed by atoms with Gasteiger partial charge in [0.1, 0.15) is 6.04 Å². The van der Waals surface area contributed by atoms with E-state index < -0.39 is 12.0 Å². The zero-order valence-electron chi connectivity index (χ0n) is 16.2. The quantitative estimate of drug-likeness (QED) is 0.318. The second-order valence-corrected chi connectivity index (χ2v) is 7.03. The predicted octanol–water partition coefficient (Wildman–Crippen LogP) is 4.39. The van der Waals surface area contributed by atoms with Crippen molar-refractivity contribution in [2.24, 2.45) is 5.73 Å². The number of hydrogen-bond donors (Lipinski definition) is 3. The highest BCUT2D eigenvalue weighted by molar-refractivity contribution is 5.83. The van der Waals surface area contributed by atoms with E-state index in [0.29, 0.717) is 19.4 Å². The number of carboxylic acids is 1. The molecule has 0 aromatic carbocycles. The molecule has 5 heteroatoms. The molecular weight excluding hydrogens is 316 g/mol. The summed E-state index contributed by atoms with van der Waals surface area (Å²) < 4.78 is 0. The minimum atomic E-state index is -0.954. The van der Waals surface area contributed by atoms with Gasteiger partial charge in [-0.05, 0) is 32.2 Å². The van der Waals surface area contributed by atoms with Crippen LogP contribution in [0.1, 0.15) is 103 Å². The van der Waals surface area contributed by atoms with Crippen LogP contribution in [0.3, 0.4) is 0 Å². The Morgan fingerprint density at radius 1 is 0.840 bits per heavy atom. The summed E-state index contributed by atoms with van der Waals surface area (Å²) in [5, 5.41) is 11.8. The van der Waals surface area contributed by atoms with Crippen LogP contribution in [0, 0.1) is 0 Å². The van der Waals surface area contributed by atoms with E-state index in [1.807, 2.05) is 0 Å². The third-order valence-electron chi connectivity index (χ3n) is 4.59. The molecule has 25 heavy (non-hydrogen) atoms. The molecular formula is C20H40N2O3. The van der Waals surface area contributed by atoms with Crippen molar-refractivity contribution in [2.75, 3.05) is 6.54 Å². The molecule has 4 N–H and O–H groups in total. The first kappa shape index (κ1) is 23.9.